The summed E-state index contributed by atoms with van der Waals surface area (Å²) in [6.07, 6.45) is 0.746. The molecule has 0 radical (unpaired) electrons. The number of aliphatic hydroxyl groups is 1. The van der Waals surface area contributed by atoms with Gasteiger partial charge >= 0.3 is 0 Å². The predicted molar refractivity (Wildman–Crippen MR) is 53.5 cm³/mol. The van der Waals surface area contributed by atoms with Gasteiger partial charge in [-0.2, -0.15) is 0 Å². The summed E-state index contributed by atoms with van der Waals surface area (Å²) in [5.74, 6) is 0.360. The van der Waals surface area contributed by atoms with Gasteiger partial charge < -0.3 is 5.11 Å². The molecule has 0 aliphatic carbocycles. The third-order valence-electron chi connectivity index (χ3n) is 2.28. The van der Waals surface area contributed by atoms with Gasteiger partial charge in [0.1, 0.15) is 0 Å². The smallest absolute Gasteiger partial charge is 0.0823 e. The largest absolute Gasteiger partial charge is 0.388 e. The minimum atomic E-state index is -0.278. The zero-order valence-corrected chi connectivity index (χ0v) is 8.69. The lowest BCUT2D eigenvalue weighted by Gasteiger charge is -2.15. The molecule has 1 N–H and O–H groups in total. The molecule has 0 amide bonds. The van der Waals surface area contributed by atoms with Gasteiger partial charge in [-0.15, -0.1) is 11.3 Å². The molecular weight excluding hydrogens is 168 g/mol. The van der Waals surface area contributed by atoms with Crippen LogP contribution in [-0.2, 0) is 0 Å². The van der Waals surface area contributed by atoms with Crippen LogP contribution < -0.4 is 0 Å². The molecule has 0 aliphatic heterocycles. The average Bonchev–Trinajstić information content (AvgIpc) is 2.49. The van der Waals surface area contributed by atoms with E-state index in [2.05, 4.69) is 26.8 Å². The monoisotopic (exact) mass is 184 g/mol. The maximum atomic E-state index is 9.81. The number of rotatable bonds is 3. The number of aryl methyl sites for hydroxylation is 1. The summed E-state index contributed by atoms with van der Waals surface area (Å²) in [7, 11) is 0. The molecule has 1 heterocycles. The van der Waals surface area contributed by atoms with E-state index in [9.17, 15) is 5.11 Å². The maximum absolute atomic E-state index is 9.81. The van der Waals surface area contributed by atoms with Gasteiger partial charge in [0, 0.05) is 4.88 Å². The molecule has 2 atom stereocenters. The highest BCUT2D eigenvalue weighted by Gasteiger charge is 2.15. The topological polar surface area (TPSA) is 20.2 Å². The number of aliphatic hydroxyl groups excluding tert-OH is 1. The molecule has 0 fully saturated rings. The van der Waals surface area contributed by atoms with Crippen molar-refractivity contribution in [1.82, 2.24) is 0 Å². The fraction of sp³-hybridized carbons (Fsp3) is 0.600. The van der Waals surface area contributed by atoms with Crippen molar-refractivity contribution in [3.8, 4) is 0 Å². The average molecular weight is 184 g/mol. The van der Waals surface area contributed by atoms with Crippen LogP contribution in [0.15, 0.2) is 11.4 Å². The summed E-state index contributed by atoms with van der Waals surface area (Å²) >= 11 is 1.70. The zero-order chi connectivity index (χ0) is 9.14. The molecule has 12 heavy (non-hydrogen) atoms. The van der Waals surface area contributed by atoms with Crippen molar-refractivity contribution >= 4 is 11.3 Å². The van der Waals surface area contributed by atoms with Gasteiger partial charge in [-0.25, -0.2) is 0 Å². The van der Waals surface area contributed by atoms with E-state index in [1.165, 1.54) is 4.88 Å². The Balaban J connectivity index is 2.70. The van der Waals surface area contributed by atoms with E-state index in [-0.39, 0.29) is 6.10 Å². The summed E-state index contributed by atoms with van der Waals surface area (Å²) < 4.78 is 0. The molecule has 2 heteroatoms. The highest BCUT2D eigenvalue weighted by molar-refractivity contribution is 7.10. The van der Waals surface area contributed by atoms with Gasteiger partial charge in [0.05, 0.1) is 6.10 Å². The first kappa shape index (κ1) is 9.75. The molecular formula is C10H16OS. The Bertz CT molecular complexity index is 242. The van der Waals surface area contributed by atoms with Crippen LogP contribution in [0.2, 0.25) is 0 Å². The quantitative estimate of drug-likeness (QED) is 0.765. The van der Waals surface area contributed by atoms with Crippen molar-refractivity contribution in [2.75, 3.05) is 0 Å². The van der Waals surface area contributed by atoms with Gasteiger partial charge in [0.15, 0.2) is 0 Å². The van der Waals surface area contributed by atoms with Crippen LogP contribution in [0.25, 0.3) is 0 Å². The third kappa shape index (κ3) is 2.08. The lowest BCUT2D eigenvalue weighted by atomic mass is 9.97. The second-order valence-corrected chi connectivity index (χ2v) is 4.44. The minimum absolute atomic E-state index is 0.278. The van der Waals surface area contributed by atoms with Crippen LogP contribution in [0.3, 0.4) is 0 Å². The fourth-order valence-electron chi connectivity index (χ4n) is 1.17. The highest BCUT2D eigenvalue weighted by Crippen LogP contribution is 2.27. The molecule has 68 valence electrons. The summed E-state index contributed by atoms with van der Waals surface area (Å²) in [4.78, 5) is 1.27. The third-order valence-corrected chi connectivity index (χ3v) is 3.15. The Morgan fingerprint density at radius 3 is 2.67 bits per heavy atom. The Morgan fingerprint density at radius 2 is 2.25 bits per heavy atom. The van der Waals surface area contributed by atoms with Crippen molar-refractivity contribution in [2.45, 2.75) is 33.3 Å². The van der Waals surface area contributed by atoms with Gasteiger partial charge in [-0.3, -0.25) is 0 Å². The van der Waals surface area contributed by atoms with Gasteiger partial charge in [0.25, 0.3) is 0 Å². The molecule has 1 nitrogen and oxygen atoms in total. The zero-order valence-electron chi connectivity index (χ0n) is 7.87. The Kier molecular flexibility index (Phi) is 3.29. The molecule has 0 spiro atoms. The molecule has 1 aromatic heterocycles. The van der Waals surface area contributed by atoms with E-state index in [0.29, 0.717) is 5.92 Å². The summed E-state index contributed by atoms with van der Waals surface area (Å²) in [5, 5.41) is 11.9. The van der Waals surface area contributed by atoms with E-state index >= 15 is 0 Å². The predicted octanol–water partition coefficient (Wildman–Crippen LogP) is 3.14. The molecule has 0 aliphatic rings. The molecule has 0 saturated carbocycles. The van der Waals surface area contributed by atoms with E-state index in [1.807, 2.05) is 5.38 Å². The van der Waals surface area contributed by atoms with E-state index in [1.54, 1.807) is 11.3 Å². The first-order valence-corrected chi connectivity index (χ1v) is 5.26. The van der Waals surface area contributed by atoms with E-state index in [0.717, 1.165) is 12.0 Å². The van der Waals surface area contributed by atoms with Crippen LogP contribution in [0.4, 0.5) is 0 Å². The summed E-state index contributed by atoms with van der Waals surface area (Å²) in [6.45, 7) is 6.25. The second kappa shape index (κ2) is 4.06. The van der Waals surface area contributed by atoms with Crippen LogP contribution in [0.1, 0.15) is 36.8 Å². The fourth-order valence-corrected chi connectivity index (χ4v) is 1.90. The molecule has 1 rings (SSSR count). The van der Waals surface area contributed by atoms with Crippen molar-refractivity contribution in [1.29, 1.82) is 0 Å². The first-order chi connectivity index (χ1) is 5.65. The van der Waals surface area contributed by atoms with E-state index in [4.69, 9.17) is 0 Å². The summed E-state index contributed by atoms with van der Waals surface area (Å²) in [6, 6.07) is 2.07. The Labute approximate surface area is 78.1 Å². The molecule has 0 bridgehead atoms. The Morgan fingerprint density at radius 1 is 1.58 bits per heavy atom. The maximum Gasteiger partial charge on any atom is 0.0823 e. The lowest BCUT2D eigenvalue weighted by molar-refractivity contribution is 0.116. The summed E-state index contributed by atoms with van der Waals surface area (Å²) in [5.41, 5.74) is 1.08. The lowest BCUT2D eigenvalue weighted by Crippen LogP contribution is -2.06. The minimum Gasteiger partial charge on any atom is -0.388 e. The van der Waals surface area contributed by atoms with Crippen LogP contribution in [0.5, 0.6) is 0 Å². The Hall–Kier alpha value is -0.340. The number of thiophene rings is 1. The van der Waals surface area contributed by atoms with Crippen LogP contribution in [0, 0.1) is 12.8 Å². The molecule has 0 saturated heterocycles. The first-order valence-electron chi connectivity index (χ1n) is 4.38. The molecule has 1 aromatic rings. The second-order valence-electron chi connectivity index (χ2n) is 3.32. The molecule has 2 unspecified atom stereocenters. The number of hydrogen-bond acceptors (Lipinski definition) is 2. The van der Waals surface area contributed by atoms with Gasteiger partial charge in [-0.1, -0.05) is 20.3 Å². The van der Waals surface area contributed by atoms with Crippen molar-refractivity contribution in [2.24, 2.45) is 5.92 Å². The standard InChI is InChI=1S/C10H16OS/c1-4-7(2)10(11)9-5-8(3)12-6-9/h5-7,10-11H,4H2,1-3H3. The van der Waals surface area contributed by atoms with Crippen LogP contribution in [-0.4, -0.2) is 5.11 Å². The van der Waals surface area contributed by atoms with Crippen LogP contribution >= 0.6 is 11.3 Å². The van der Waals surface area contributed by atoms with Gasteiger partial charge in [0.2, 0.25) is 0 Å². The van der Waals surface area contributed by atoms with Crippen molar-refractivity contribution in [3.05, 3.63) is 21.9 Å². The highest BCUT2D eigenvalue weighted by atomic mass is 32.1. The molecule has 0 aromatic carbocycles. The van der Waals surface area contributed by atoms with E-state index < -0.39 is 0 Å². The van der Waals surface area contributed by atoms with Gasteiger partial charge in [-0.05, 0) is 29.9 Å². The van der Waals surface area contributed by atoms with Crippen molar-refractivity contribution < 1.29 is 5.11 Å². The number of hydrogen-bond donors (Lipinski definition) is 1. The van der Waals surface area contributed by atoms with Crippen molar-refractivity contribution in [3.63, 3.8) is 0 Å². The normalized spacial score (nSPS) is 16.0. The SMILES string of the molecule is CCC(C)C(O)c1csc(C)c1.